The number of nitro benzene ring substituents is 1. The van der Waals surface area contributed by atoms with Crippen LogP contribution in [0.4, 0.5) is 5.69 Å². The third-order valence-electron chi connectivity index (χ3n) is 2.43. The molecule has 0 N–H and O–H groups in total. The van der Waals surface area contributed by atoms with Crippen LogP contribution in [0.15, 0.2) is 33.7 Å². The highest BCUT2D eigenvalue weighted by Crippen LogP contribution is 2.18. The average Bonchev–Trinajstić information content (AvgIpc) is 2.78. The van der Waals surface area contributed by atoms with E-state index < -0.39 is 4.92 Å². The fourth-order valence-corrected chi connectivity index (χ4v) is 1.49. The number of hydrogen-bond acceptors (Lipinski definition) is 5. The molecule has 0 amide bonds. The predicted octanol–water partition coefficient (Wildman–Crippen LogP) is 1.14. The molecule has 0 aliphatic carbocycles. The summed E-state index contributed by atoms with van der Waals surface area (Å²) in [4.78, 5) is 18.1. The number of aromatic nitrogens is 1. The van der Waals surface area contributed by atoms with Crippen LogP contribution in [0.2, 0.25) is 0 Å². The molecule has 19 heavy (non-hydrogen) atoms. The molecule has 0 bridgehead atoms. The third-order valence-corrected chi connectivity index (χ3v) is 2.43. The van der Waals surface area contributed by atoms with Crippen LogP contribution in [0.1, 0.15) is 0 Å². The molecule has 0 unspecified atom stereocenters. The van der Waals surface area contributed by atoms with E-state index in [0.717, 1.165) is 0 Å². The Morgan fingerprint density at radius 3 is 2.68 bits per heavy atom. The molecule has 96 valence electrons. The lowest BCUT2D eigenvalue weighted by Crippen LogP contribution is -2.19. The summed E-state index contributed by atoms with van der Waals surface area (Å²) in [6, 6.07) is 5.97. The van der Waals surface area contributed by atoms with Gasteiger partial charge in [-0.05, 0) is 12.1 Å². The SMILES string of the molecule is C=c1nc(-c2ccc([N+](=O)[O-])cc2)o/c1=C/C=NC. The maximum atomic E-state index is 10.6. The molecule has 0 atom stereocenters. The Bertz CT molecular complexity index is 729. The van der Waals surface area contributed by atoms with Gasteiger partial charge in [0.25, 0.3) is 5.69 Å². The van der Waals surface area contributed by atoms with Crippen LogP contribution in [0.5, 0.6) is 0 Å². The van der Waals surface area contributed by atoms with Gasteiger partial charge in [0.15, 0.2) is 5.42 Å². The first-order chi connectivity index (χ1) is 9.11. The molecule has 0 spiro atoms. The molecule has 1 aromatic carbocycles. The Kier molecular flexibility index (Phi) is 3.51. The monoisotopic (exact) mass is 257 g/mol. The first-order valence-corrected chi connectivity index (χ1v) is 5.45. The highest BCUT2D eigenvalue weighted by molar-refractivity contribution is 5.90. The second kappa shape index (κ2) is 5.26. The molecule has 1 heterocycles. The number of rotatable bonds is 3. The summed E-state index contributed by atoms with van der Waals surface area (Å²) in [5, 5.41) is 11.1. The van der Waals surface area contributed by atoms with Crippen molar-refractivity contribution in [2.24, 2.45) is 4.99 Å². The topological polar surface area (TPSA) is 81.5 Å². The maximum Gasteiger partial charge on any atom is 0.269 e. The van der Waals surface area contributed by atoms with Gasteiger partial charge in [0.1, 0.15) is 5.35 Å². The number of aliphatic imine (C=N–C) groups is 1. The summed E-state index contributed by atoms with van der Waals surface area (Å²) in [5.74, 6) is 0.371. The van der Waals surface area contributed by atoms with Crippen LogP contribution in [-0.4, -0.2) is 23.2 Å². The first kappa shape index (κ1) is 12.7. The summed E-state index contributed by atoms with van der Waals surface area (Å²) in [5.41, 5.74) is 1.19. The lowest BCUT2D eigenvalue weighted by molar-refractivity contribution is -0.384. The Labute approximate surface area is 108 Å². The van der Waals surface area contributed by atoms with Crippen LogP contribution in [0.3, 0.4) is 0 Å². The Morgan fingerprint density at radius 2 is 2.11 bits per heavy atom. The van der Waals surface area contributed by atoms with E-state index in [1.165, 1.54) is 12.1 Å². The van der Waals surface area contributed by atoms with Crippen molar-refractivity contribution in [1.29, 1.82) is 0 Å². The summed E-state index contributed by atoms with van der Waals surface area (Å²) in [6.45, 7) is 3.76. The largest absolute Gasteiger partial charge is 0.436 e. The minimum atomic E-state index is -0.455. The van der Waals surface area contributed by atoms with Gasteiger partial charge < -0.3 is 4.42 Å². The van der Waals surface area contributed by atoms with Gasteiger partial charge in [0, 0.05) is 37.0 Å². The van der Waals surface area contributed by atoms with Crippen molar-refractivity contribution in [3.63, 3.8) is 0 Å². The van der Waals surface area contributed by atoms with E-state index in [1.807, 2.05) is 0 Å². The Hall–Kier alpha value is -2.76. The van der Waals surface area contributed by atoms with Gasteiger partial charge in [-0.3, -0.25) is 15.1 Å². The first-order valence-electron chi connectivity index (χ1n) is 5.45. The van der Waals surface area contributed by atoms with Crippen molar-refractivity contribution in [2.75, 3.05) is 7.05 Å². The number of nitrogens with zero attached hydrogens (tertiary/aromatic N) is 3. The molecular weight excluding hydrogens is 246 g/mol. The second-order valence-corrected chi connectivity index (χ2v) is 3.71. The zero-order valence-corrected chi connectivity index (χ0v) is 10.2. The normalized spacial score (nSPS) is 12.2. The number of non-ortho nitro benzene ring substituents is 1. The van der Waals surface area contributed by atoms with Gasteiger partial charge in [0.2, 0.25) is 5.89 Å². The number of nitro groups is 1. The van der Waals surface area contributed by atoms with Crippen molar-refractivity contribution >= 4 is 24.6 Å². The molecule has 0 saturated heterocycles. The molecule has 1 aromatic heterocycles. The van der Waals surface area contributed by atoms with Gasteiger partial charge in [-0.25, -0.2) is 4.98 Å². The minimum absolute atomic E-state index is 0.0232. The molecule has 6 heteroatoms. The van der Waals surface area contributed by atoms with Gasteiger partial charge in [-0.15, -0.1) is 0 Å². The van der Waals surface area contributed by atoms with Crippen molar-refractivity contribution in [1.82, 2.24) is 4.98 Å². The number of hydrogen-bond donors (Lipinski definition) is 0. The van der Waals surface area contributed by atoms with Gasteiger partial charge in [-0.1, -0.05) is 6.58 Å². The van der Waals surface area contributed by atoms with Crippen molar-refractivity contribution in [3.05, 3.63) is 45.1 Å². The fourth-order valence-electron chi connectivity index (χ4n) is 1.49. The van der Waals surface area contributed by atoms with Gasteiger partial charge in [-0.2, -0.15) is 0 Å². The highest BCUT2D eigenvalue weighted by atomic mass is 16.6. The van der Waals surface area contributed by atoms with E-state index in [9.17, 15) is 10.1 Å². The lowest BCUT2D eigenvalue weighted by Gasteiger charge is -1.94. The van der Waals surface area contributed by atoms with E-state index in [0.29, 0.717) is 22.2 Å². The quantitative estimate of drug-likeness (QED) is 0.469. The van der Waals surface area contributed by atoms with E-state index >= 15 is 0 Å². The van der Waals surface area contributed by atoms with E-state index in [-0.39, 0.29) is 5.69 Å². The second-order valence-electron chi connectivity index (χ2n) is 3.71. The zero-order valence-electron chi connectivity index (χ0n) is 10.2. The zero-order chi connectivity index (χ0) is 13.8. The van der Waals surface area contributed by atoms with Gasteiger partial charge >= 0.3 is 0 Å². The van der Waals surface area contributed by atoms with Gasteiger partial charge in [0.05, 0.1) is 4.92 Å². The van der Waals surface area contributed by atoms with Crippen molar-refractivity contribution in [2.45, 2.75) is 0 Å². The molecule has 6 nitrogen and oxygen atoms in total. The van der Waals surface area contributed by atoms with Crippen LogP contribution in [-0.2, 0) is 0 Å². The molecule has 0 saturated carbocycles. The number of benzene rings is 1. The highest BCUT2D eigenvalue weighted by Gasteiger charge is 2.08. The van der Waals surface area contributed by atoms with Crippen molar-refractivity contribution < 1.29 is 9.34 Å². The Balaban J connectivity index is 2.43. The third kappa shape index (κ3) is 2.74. The number of oxazole rings is 1. The van der Waals surface area contributed by atoms with Crippen LogP contribution < -0.4 is 10.8 Å². The standard InChI is InChI=1S/C13H11N3O3/c1-9-12(7-8-14-2)19-13(15-9)10-3-5-11(6-4-10)16(17)18/h3-8H,1H2,2H3/b12-7+,14-8?. The Morgan fingerprint density at radius 1 is 1.42 bits per heavy atom. The summed E-state index contributed by atoms with van der Waals surface area (Å²) < 4.78 is 5.51. The molecule has 2 rings (SSSR count). The predicted molar refractivity (Wildman–Crippen MR) is 72.2 cm³/mol. The molecular formula is C13H11N3O3. The molecule has 0 aliphatic rings. The minimum Gasteiger partial charge on any atom is -0.436 e. The summed E-state index contributed by atoms with van der Waals surface area (Å²) >= 11 is 0. The van der Waals surface area contributed by atoms with Crippen LogP contribution in [0.25, 0.3) is 24.1 Å². The van der Waals surface area contributed by atoms with Crippen LogP contribution >= 0.6 is 0 Å². The van der Waals surface area contributed by atoms with E-state index in [2.05, 4.69) is 16.6 Å². The van der Waals surface area contributed by atoms with Crippen molar-refractivity contribution in [3.8, 4) is 11.5 Å². The summed E-state index contributed by atoms with van der Waals surface area (Å²) in [6.07, 6.45) is 3.24. The smallest absolute Gasteiger partial charge is 0.269 e. The molecule has 0 radical (unpaired) electrons. The molecule has 2 aromatic rings. The average molecular weight is 257 g/mol. The summed E-state index contributed by atoms with van der Waals surface area (Å²) in [7, 11) is 1.65. The van der Waals surface area contributed by atoms with Crippen LogP contribution in [0, 0.1) is 10.1 Å². The van der Waals surface area contributed by atoms with E-state index in [4.69, 9.17) is 4.42 Å². The van der Waals surface area contributed by atoms with E-state index in [1.54, 1.807) is 31.5 Å². The fraction of sp³-hybridized carbons (Fsp3) is 0.0769. The molecule has 0 fully saturated rings. The maximum absolute atomic E-state index is 10.6. The lowest BCUT2D eigenvalue weighted by atomic mass is 10.2. The molecule has 0 aliphatic heterocycles.